The van der Waals surface area contributed by atoms with Crippen LogP contribution in [0.2, 0.25) is 0 Å². The van der Waals surface area contributed by atoms with Crippen LogP contribution in [0.4, 0.5) is 0 Å². The van der Waals surface area contributed by atoms with Gasteiger partial charge in [0.2, 0.25) is 0 Å². The summed E-state index contributed by atoms with van der Waals surface area (Å²) in [6.07, 6.45) is 5.43. The van der Waals surface area contributed by atoms with Crippen molar-refractivity contribution in [3.05, 3.63) is 108 Å². The van der Waals surface area contributed by atoms with Crippen LogP contribution >= 0.6 is 0 Å². The van der Waals surface area contributed by atoms with Gasteiger partial charge in [-0.2, -0.15) is 0 Å². The first-order valence-corrected chi connectivity index (χ1v) is 9.37. The largest absolute Gasteiger partial charge is 0.489 e. The van der Waals surface area contributed by atoms with Gasteiger partial charge in [-0.1, -0.05) is 67.6 Å². The first kappa shape index (κ1) is 17.2. The third kappa shape index (κ3) is 3.95. The fourth-order valence-corrected chi connectivity index (χ4v) is 3.28. The van der Waals surface area contributed by atoms with Crippen LogP contribution in [-0.4, -0.2) is 4.57 Å². The van der Waals surface area contributed by atoms with Crippen LogP contribution in [0.1, 0.15) is 18.1 Å². The van der Waals surface area contributed by atoms with Gasteiger partial charge in [-0.05, 0) is 47.4 Å². The summed E-state index contributed by atoms with van der Waals surface area (Å²) >= 11 is 0. The molecule has 1 heterocycles. The molecule has 27 heavy (non-hydrogen) atoms. The fourth-order valence-electron chi connectivity index (χ4n) is 3.28. The quantitative estimate of drug-likeness (QED) is 0.397. The van der Waals surface area contributed by atoms with Crippen molar-refractivity contribution in [2.24, 2.45) is 0 Å². The first-order valence-electron chi connectivity index (χ1n) is 9.37. The van der Waals surface area contributed by atoms with E-state index in [4.69, 9.17) is 4.74 Å². The minimum Gasteiger partial charge on any atom is -0.489 e. The number of nitrogens with zero attached hydrogens (tertiary/aromatic N) is 1. The number of aromatic nitrogens is 1. The summed E-state index contributed by atoms with van der Waals surface area (Å²) in [4.78, 5) is 0. The lowest BCUT2D eigenvalue weighted by Gasteiger charge is -2.09. The van der Waals surface area contributed by atoms with Gasteiger partial charge in [-0.3, -0.25) is 0 Å². The maximum Gasteiger partial charge on any atom is 0.120 e. The van der Waals surface area contributed by atoms with Crippen molar-refractivity contribution in [2.75, 3.05) is 0 Å². The van der Waals surface area contributed by atoms with Crippen molar-refractivity contribution in [2.45, 2.75) is 20.0 Å². The lowest BCUT2D eigenvalue weighted by atomic mass is 10.0. The summed E-state index contributed by atoms with van der Waals surface area (Å²) in [6, 6.07) is 29.1. The van der Waals surface area contributed by atoms with E-state index in [-0.39, 0.29) is 0 Å². The Morgan fingerprint density at radius 2 is 1.52 bits per heavy atom. The van der Waals surface area contributed by atoms with Gasteiger partial charge in [0.1, 0.15) is 12.4 Å². The summed E-state index contributed by atoms with van der Waals surface area (Å²) in [5, 5.41) is 0. The van der Waals surface area contributed by atoms with Gasteiger partial charge in [-0.25, -0.2) is 0 Å². The predicted molar refractivity (Wildman–Crippen MR) is 111 cm³/mol. The minimum atomic E-state index is 0.579. The average Bonchev–Trinajstić information content (AvgIpc) is 3.18. The Bertz CT molecular complexity index is 1000. The van der Waals surface area contributed by atoms with E-state index in [1.165, 1.54) is 27.9 Å². The SMILES string of the molecule is CCc1cn(-c2ccccc2)cc1-c1cccc(OCc2ccccc2)c1. The van der Waals surface area contributed by atoms with E-state index in [9.17, 15) is 0 Å². The second kappa shape index (κ2) is 7.96. The highest BCUT2D eigenvalue weighted by atomic mass is 16.5. The van der Waals surface area contributed by atoms with Crippen molar-refractivity contribution in [3.63, 3.8) is 0 Å². The molecule has 0 aliphatic heterocycles. The molecule has 134 valence electrons. The van der Waals surface area contributed by atoms with E-state index in [0.717, 1.165) is 12.2 Å². The number of hydrogen-bond donors (Lipinski definition) is 0. The highest BCUT2D eigenvalue weighted by Gasteiger charge is 2.10. The van der Waals surface area contributed by atoms with Gasteiger partial charge in [0.05, 0.1) is 0 Å². The molecule has 2 heteroatoms. The number of rotatable bonds is 6. The van der Waals surface area contributed by atoms with E-state index >= 15 is 0 Å². The molecule has 3 aromatic carbocycles. The van der Waals surface area contributed by atoms with Crippen LogP contribution in [-0.2, 0) is 13.0 Å². The molecular weight excluding hydrogens is 330 g/mol. The number of ether oxygens (including phenoxy) is 1. The topological polar surface area (TPSA) is 14.2 Å². The molecule has 0 radical (unpaired) electrons. The lowest BCUT2D eigenvalue weighted by Crippen LogP contribution is -1.95. The monoisotopic (exact) mass is 353 g/mol. The fraction of sp³-hybridized carbons (Fsp3) is 0.120. The Morgan fingerprint density at radius 1 is 0.778 bits per heavy atom. The lowest BCUT2D eigenvalue weighted by molar-refractivity contribution is 0.306. The van der Waals surface area contributed by atoms with Gasteiger partial charge in [0.15, 0.2) is 0 Å². The molecule has 0 fully saturated rings. The Kier molecular flexibility index (Phi) is 5.06. The molecule has 0 atom stereocenters. The molecule has 0 aliphatic carbocycles. The standard InChI is InChI=1S/C25H23NO/c1-2-21-17-26(23-13-7-4-8-14-23)18-25(21)22-12-9-15-24(16-22)27-19-20-10-5-3-6-11-20/h3-18H,2,19H2,1H3. The van der Waals surface area contributed by atoms with Gasteiger partial charge < -0.3 is 9.30 Å². The molecule has 2 nitrogen and oxygen atoms in total. The van der Waals surface area contributed by atoms with E-state index in [1.54, 1.807) is 0 Å². The molecule has 1 aromatic heterocycles. The number of aryl methyl sites for hydroxylation is 1. The second-order valence-corrected chi connectivity index (χ2v) is 6.60. The van der Waals surface area contributed by atoms with Crippen LogP contribution < -0.4 is 4.74 Å². The smallest absolute Gasteiger partial charge is 0.120 e. The summed E-state index contributed by atoms with van der Waals surface area (Å²) in [6.45, 7) is 2.78. The summed E-state index contributed by atoms with van der Waals surface area (Å²) < 4.78 is 8.21. The second-order valence-electron chi connectivity index (χ2n) is 6.60. The minimum absolute atomic E-state index is 0.579. The Morgan fingerprint density at radius 3 is 2.26 bits per heavy atom. The van der Waals surface area contributed by atoms with Crippen molar-refractivity contribution >= 4 is 0 Å². The molecular formula is C25H23NO. The van der Waals surface area contributed by atoms with Crippen LogP contribution in [0.25, 0.3) is 16.8 Å². The van der Waals surface area contributed by atoms with Gasteiger partial charge in [0.25, 0.3) is 0 Å². The van der Waals surface area contributed by atoms with Crippen LogP contribution in [0.3, 0.4) is 0 Å². The normalized spacial score (nSPS) is 10.7. The zero-order valence-corrected chi connectivity index (χ0v) is 15.5. The van der Waals surface area contributed by atoms with E-state index in [1.807, 2.05) is 30.3 Å². The van der Waals surface area contributed by atoms with Gasteiger partial charge >= 0.3 is 0 Å². The van der Waals surface area contributed by atoms with Gasteiger partial charge in [0, 0.05) is 23.6 Å². The zero-order valence-electron chi connectivity index (χ0n) is 15.5. The number of para-hydroxylation sites is 1. The molecule has 0 unspecified atom stereocenters. The molecule has 4 aromatic rings. The molecule has 0 saturated carbocycles. The van der Waals surface area contributed by atoms with Gasteiger partial charge in [-0.15, -0.1) is 0 Å². The Labute approximate surface area is 160 Å². The molecule has 0 spiro atoms. The zero-order chi connectivity index (χ0) is 18.5. The molecule has 0 bridgehead atoms. The van der Waals surface area contributed by atoms with Crippen LogP contribution in [0, 0.1) is 0 Å². The third-order valence-electron chi connectivity index (χ3n) is 4.74. The van der Waals surface area contributed by atoms with E-state index in [2.05, 4.69) is 78.5 Å². The third-order valence-corrected chi connectivity index (χ3v) is 4.74. The molecule has 0 N–H and O–H groups in total. The maximum absolute atomic E-state index is 6.01. The molecule has 0 aliphatic rings. The first-order chi connectivity index (χ1) is 13.3. The van der Waals surface area contributed by atoms with Crippen molar-refractivity contribution in [3.8, 4) is 22.6 Å². The van der Waals surface area contributed by atoms with E-state index < -0.39 is 0 Å². The van der Waals surface area contributed by atoms with Crippen LogP contribution in [0.15, 0.2) is 97.3 Å². The summed E-state index contributed by atoms with van der Waals surface area (Å²) in [7, 11) is 0. The molecule has 0 saturated heterocycles. The average molecular weight is 353 g/mol. The van der Waals surface area contributed by atoms with E-state index in [0.29, 0.717) is 6.61 Å². The Hall–Kier alpha value is -3.26. The Balaban J connectivity index is 1.61. The van der Waals surface area contributed by atoms with Crippen LogP contribution in [0.5, 0.6) is 5.75 Å². The highest BCUT2D eigenvalue weighted by molar-refractivity contribution is 5.69. The van der Waals surface area contributed by atoms with Crippen molar-refractivity contribution in [1.29, 1.82) is 0 Å². The van der Waals surface area contributed by atoms with Crippen molar-refractivity contribution < 1.29 is 4.74 Å². The summed E-state index contributed by atoms with van der Waals surface area (Å²) in [5.41, 5.74) is 6.12. The number of benzene rings is 3. The van der Waals surface area contributed by atoms with Crippen molar-refractivity contribution in [1.82, 2.24) is 4.57 Å². The number of hydrogen-bond acceptors (Lipinski definition) is 1. The predicted octanol–water partition coefficient (Wildman–Crippen LogP) is 6.29. The molecule has 0 amide bonds. The highest BCUT2D eigenvalue weighted by Crippen LogP contribution is 2.30. The maximum atomic E-state index is 6.01. The molecule has 4 rings (SSSR count). The summed E-state index contributed by atoms with van der Waals surface area (Å²) in [5.74, 6) is 0.894.